The lowest BCUT2D eigenvalue weighted by atomic mass is 10.2. The Hall–Kier alpha value is -4.00. The first kappa shape index (κ1) is 19.3. The molecular weight excluding hydrogens is 383 g/mol. The van der Waals surface area contributed by atoms with Crippen molar-refractivity contribution in [2.24, 2.45) is 0 Å². The molecule has 2 heterocycles. The molecular formula is C23H19FN4O2. The van der Waals surface area contributed by atoms with E-state index in [2.05, 4.69) is 15.3 Å². The van der Waals surface area contributed by atoms with E-state index in [1.807, 2.05) is 41.2 Å². The molecule has 4 rings (SSSR count). The molecule has 0 saturated carbocycles. The van der Waals surface area contributed by atoms with Gasteiger partial charge in [-0.3, -0.25) is 4.79 Å². The number of benzene rings is 2. The number of ether oxygens (including phenoxy) is 1. The molecule has 0 unspecified atom stereocenters. The normalized spacial score (nSPS) is 10.6. The lowest BCUT2D eigenvalue weighted by Crippen LogP contribution is -2.15. The molecule has 1 N–H and O–H groups in total. The van der Waals surface area contributed by atoms with Gasteiger partial charge in [-0.05, 0) is 62.4 Å². The standard InChI is InChI=1S/C23H19FN4O2/c1-15-21(16(2)26-23(25-15)30-20-8-4-3-7-19(20)24)27-22(29)17-9-11-18(12-10-17)28-13-5-6-14-28/h3-14H,1-2H3,(H,27,29). The van der Waals surface area contributed by atoms with Crippen molar-refractivity contribution in [3.8, 4) is 17.4 Å². The maximum absolute atomic E-state index is 13.8. The Morgan fingerprint density at radius 2 is 1.57 bits per heavy atom. The number of para-hydroxylation sites is 1. The second-order valence-corrected chi connectivity index (χ2v) is 6.68. The van der Waals surface area contributed by atoms with Crippen LogP contribution < -0.4 is 10.1 Å². The number of anilines is 1. The molecule has 0 aliphatic carbocycles. The van der Waals surface area contributed by atoms with E-state index in [1.165, 1.54) is 12.1 Å². The Labute approximate surface area is 173 Å². The summed E-state index contributed by atoms with van der Waals surface area (Å²) in [5.41, 5.74) is 3.01. The minimum Gasteiger partial charge on any atom is -0.421 e. The average molecular weight is 402 g/mol. The SMILES string of the molecule is Cc1nc(Oc2ccccc2F)nc(C)c1NC(=O)c1ccc(-n2cccc2)cc1. The minimum absolute atomic E-state index is 0.0178. The summed E-state index contributed by atoms with van der Waals surface area (Å²) < 4.78 is 21.2. The maximum Gasteiger partial charge on any atom is 0.322 e. The van der Waals surface area contributed by atoms with Crippen LogP contribution in [0.2, 0.25) is 0 Å². The quantitative estimate of drug-likeness (QED) is 0.506. The summed E-state index contributed by atoms with van der Waals surface area (Å²) in [7, 11) is 0. The number of hydrogen-bond acceptors (Lipinski definition) is 4. The number of nitrogens with zero attached hydrogens (tertiary/aromatic N) is 3. The predicted molar refractivity (Wildman–Crippen MR) is 112 cm³/mol. The molecule has 30 heavy (non-hydrogen) atoms. The van der Waals surface area contributed by atoms with Crippen LogP contribution in [0.15, 0.2) is 73.1 Å². The first-order valence-corrected chi connectivity index (χ1v) is 9.33. The zero-order valence-corrected chi connectivity index (χ0v) is 16.5. The second-order valence-electron chi connectivity index (χ2n) is 6.68. The molecule has 2 aromatic carbocycles. The number of amides is 1. The van der Waals surface area contributed by atoms with Crippen LogP contribution in [-0.4, -0.2) is 20.4 Å². The van der Waals surface area contributed by atoms with Crippen LogP contribution in [0, 0.1) is 19.7 Å². The molecule has 0 aliphatic rings. The molecule has 0 aliphatic heterocycles. The van der Waals surface area contributed by atoms with Gasteiger partial charge in [0.1, 0.15) is 0 Å². The molecule has 0 radical (unpaired) electrons. The van der Waals surface area contributed by atoms with Crippen molar-refractivity contribution in [1.29, 1.82) is 0 Å². The van der Waals surface area contributed by atoms with E-state index in [1.54, 1.807) is 38.1 Å². The number of carbonyl (C=O) groups excluding carboxylic acids is 1. The van der Waals surface area contributed by atoms with Gasteiger partial charge in [-0.25, -0.2) is 4.39 Å². The van der Waals surface area contributed by atoms with Crippen LogP contribution in [0.5, 0.6) is 11.8 Å². The average Bonchev–Trinajstić information content (AvgIpc) is 3.27. The van der Waals surface area contributed by atoms with Crippen molar-refractivity contribution in [2.75, 3.05) is 5.32 Å². The van der Waals surface area contributed by atoms with E-state index >= 15 is 0 Å². The van der Waals surface area contributed by atoms with Crippen molar-refractivity contribution in [3.63, 3.8) is 0 Å². The minimum atomic E-state index is -0.503. The third-order valence-corrected chi connectivity index (χ3v) is 4.56. The van der Waals surface area contributed by atoms with Crippen LogP contribution >= 0.6 is 0 Å². The van der Waals surface area contributed by atoms with Crippen LogP contribution in [0.4, 0.5) is 10.1 Å². The summed E-state index contributed by atoms with van der Waals surface area (Å²) in [6.07, 6.45) is 3.87. The highest BCUT2D eigenvalue weighted by atomic mass is 19.1. The number of hydrogen-bond donors (Lipinski definition) is 1. The molecule has 0 saturated heterocycles. The van der Waals surface area contributed by atoms with E-state index < -0.39 is 5.82 Å². The molecule has 0 spiro atoms. The van der Waals surface area contributed by atoms with Gasteiger partial charge < -0.3 is 14.6 Å². The third kappa shape index (κ3) is 4.05. The highest BCUT2D eigenvalue weighted by Crippen LogP contribution is 2.25. The monoisotopic (exact) mass is 402 g/mol. The Morgan fingerprint density at radius 3 is 2.20 bits per heavy atom. The Morgan fingerprint density at radius 1 is 0.933 bits per heavy atom. The Bertz CT molecular complexity index is 1170. The largest absolute Gasteiger partial charge is 0.421 e. The van der Waals surface area contributed by atoms with Crippen molar-refractivity contribution in [2.45, 2.75) is 13.8 Å². The van der Waals surface area contributed by atoms with Gasteiger partial charge in [-0.15, -0.1) is 0 Å². The van der Waals surface area contributed by atoms with Gasteiger partial charge in [0.15, 0.2) is 11.6 Å². The van der Waals surface area contributed by atoms with Crippen LogP contribution in [-0.2, 0) is 0 Å². The van der Waals surface area contributed by atoms with Gasteiger partial charge in [0, 0.05) is 23.6 Å². The van der Waals surface area contributed by atoms with Gasteiger partial charge in [-0.1, -0.05) is 12.1 Å². The van der Waals surface area contributed by atoms with Crippen molar-refractivity contribution in [3.05, 3.63) is 95.8 Å². The van der Waals surface area contributed by atoms with E-state index in [-0.39, 0.29) is 17.7 Å². The lowest BCUT2D eigenvalue weighted by molar-refractivity contribution is 0.102. The maximum atomic E-state index is 13.8. The van der Waals surface area contributed by atoms with Gasteiger partial charge in [0.05, 0.1) is 17.1 Å². The highest BCUT2D eigenvalue weighted by Gasteiger charge is 2.15. The molecule has 0 atom stereocenters. The fourth-order valence-electron chi connectivity index (χ4n) is 3.02. The molecule has 150 valence electrons. The number of aryl methyl sites for hydroxylation is 2. The van der Waals surface area contributed by atoms with Crippen LogP contribution in [0.1, 0.15) is 21.7 Å². The molecule has 0 fully saturated rings. The molecule has 2 aromatic heterocycles. The molecule has 1 amide bonds. The zero-order valence-electron chi connectivity index (χ0n) is 16.5. The summed E-state index contributed by atoms with van der Waals surface area (Å²) in [6.45, 7) is 3.46. The Balaban J connectivity index is 1.51. The first-order valence-electron chi connectivity index (χ1n) is 9.33. The van der Waals surface area contributed by atoms with Crippen LogP contribution in [0.25, 0.3) is 5.69 Å². The summed E-state index contributed by atoms with van der Waals surface area (Å²) in [5, 5.41) is 2.85. The van der Waals surface area contributed by atoms with Crippen molar-refractivity contribution in [1.82, 2.24) is 14.5 Å². The van der Waals surface area contributed by atoms with E-state index in [9.17, 15) is 9.18 Å². The predicted octanol–water partition coefficient (Wildman–Crippen LogP) is 5.07. The number of aromatic nitrogens is 3. The Kier molecular flexibility index (Phi) is 5.26. The number of carbonyl (C=O) groups is 1. The fraction of sp³-hybridized carbons (Fsp3) is 0.0870. The molecule has 0 bridgehead atoms. The summed E-state index contributed by atoms with van der Waals surface area (Å²) in [5.74, 6) is -0.736. The number of nitrogens with one attached hydrogen (secondary N) is 1. The first-order chi connectivity index (χ1) is 14.5. The number of halogens is 1. The molecule has 4 aromatic rings. The molecule has 6 nitrogen and oxygen atoms in total. The topological polar surface area (TPSA) is 69.0 Å². The summed E-state index contributed by atoms with van der Waals surface area (Å²) in [6, 6.07) is 17.2. The van der Waals surface area contributed by atoms with Gasteiger partial charge >= 0.3 is 6.01 Å². The van der Waals surface area contributed by atoms with Gasteiger partial charge in [-0.2, -0.15) is 9.97 Å². The highest BCUT2D eigenvalue weighted by molar-refractivity contribution is 6.04. The van der Waals surface area contributed by atoms with E-state index in [0.717, 1.165) is 5.69 Å². The van der Waals surface area contributed by atoms with Crippen molar-refractivity contribution < 1.29 is 13.9 Å². The lowest BCUT2D eigenvalue weighted by Gasteiger charge is -2.13. The third-order valence-electron chi connectivity index (χ3n) is 4.56. The van der Waals surface area contributed by atoms with E-state index in [0.29, 0.717) is 22.6 Å². The molecule has 7 heteroatoms. The van der Waals surface area contributed by atoms with E-state index in [4.69, 9.17) is 4.74 Å². The number of rotatable bonds is 5. The smallest absolute Gasteiger partial charge is 0.322 e. The van der Waals surface area contributed by atoms with Crippen LogP contribution in [0.3, 0.4) is 0 Å². The van der Waals surface area contributed by atoms with Gasteiger partial charge in [0.25, 0.3) is 5.91 Å². The zero-order chi connectivity index (χ0) is 21.1. The summed E-state index contributed by atoms with van der Waals surface area (Å²) >= 11 is 0. The van der Waals surface area contributed by atoms with Gasteiger partial charge in [0.2, 0.25) is 0 Å². The van der Waals surface area contributed by atoms with Crippen molar-refractivity contribution >= 4 is 11.6 Å². The second kappa shape index (κ2) is 8.16. The fourth-order valence-corrected chi connectivity index (χ4v) is 3.02. The summed E-state index contributed by atoms with van der Waals surface area (Å²) in [4.78, 5) is 21.2.